The molecule has 1 saturated carbocycles. The van der Waals surface area contributed by atoms with Crippen LogP contribution < -0.4 is 15.8 Å². The van der Waals surface area contributed by atoms with Crippen molar-refractivity contribution in [3.8, 4) is 22.8 Å². The van der Waals surface area contributed by atoms with Gasteiger partial charge in [0.1, 0.15) is 29.4 Å². The topological polar surface area (TPSA) is 90.9 Å². The molecule has 3 heterocycles. The van der Waals surface area contributed by atoms with Crippen LogP contribution in [0, 0.1) is 11.6 Å². The summed E-state index contributed by atoms with van der Waals surface area (Å²) in [5.74, 6) is -0.670. The molecule has 6 rings (SSSR count). The van der Waals surface area contributed by atoms with Crippen molar-refractivity contribution in [2.45, 2.75) is 37.3 Å². The van der Waals surface area contributed by atoms with Crippen LogP contribution in [0.1, 0.15) is 31.7 Å². The molecule has 2 aliphatic rings. The minimum absolute atomic E-state index is 0.0465. The van der Waals surface area contributed by atoms with Gasteiger partial charge in [-0.05, 0) is 62.1 Å². The zero-order valence-electron chi connectivity index (χ0n) is 17.8. The van der Waals surface area contributed by atoms with Gasteiger partial charge in [0.15, 0.2) is 17.2 Å². The van der Waals surface area contributed by atoms with E-state index in [4.69, 9.17) is 15.6 Å². The number of nitrogen functional groups attached to an aromatic ring is 1. The molecule has 2 aromatic carbocycles. The lowest BCUT2D eigenvalue weighted by Gasteiger charge is -2.30. The molecule has 1 aliphatic carbocycles. The second-order valence-electron chi connectivity index (χ2n) is 8.81. The van der Waals surface area contributed by atoms with Crippen molar-refractivity contribution in [3.05, 3.63) is 60.4 Å². The fourth-order valence-electron chi connectivity index (χ4n) is 4.57. The van der Waals surface area contributed by atoms with Crippen molar-refractivity contribution in [1.29, 1.82) is 0 Å². The highest BCUT2D eigenvalue weighted by atomic mass is 19.1. The van der Waals surface area contributed by atoms with Crippen LogP contribution in [0.4, 0.5) is 14.6 Å². The van der Waals surface area contributed by atoms with Gasteiger partial charge in [0, 0.05) is 23.7 Å². The van der Waals surface area contributed by atoms with Crippen molar-refractivity contribution >= 4 is 16.9 Å². The van der Waals surface area contributed by atoms with E-state index in [9.17, 15) is 8.78 Å². The molecule has 9 heteroatoms. The lowest BCUT2D eigenvalue weighted by Crippen LogP contribution is -2.41. The first-order chi connectivity index (χ1) is 16.0. The van der Waals surface area contributed by atoms with Crippen LogP contribution in [0.2, 0.25) is 0 Å². The van der Waals surface area contributed by atoms with Gasteiger partial charge in [-0.1, -0.05) is 0 Å². The van der Waals surface area contributed by atoms with Gasteiger partial charge in [0.25, 0.3) is 0 Å². The second-order valence-corrected chi connectivity index (χ2v) is 8.81. The smallest absolute Gasteiger partial charge is 0.168 e. The van der Waals surface area contributed by atoms with E-state index < -0.39 is 11.6 Å². The third kappa shape index (κ3) is 3.58. The van der Waals surface area contributed by atoms with Crippen LogP contribution in [-0.4, -0.2) is 31.8 Å². The number of aromatic nitrogens is 4. The highest BCUT2D eigenvalue weighted by Gasteiger charge is 2.45. The number of benzene rings is 2. The molecule has 1 unspecified atom stereocenters. The first kappa shape index (κ1) is 20.0. The maximum atomic E-state index is 13.9. The van der Waals surface area contributed by atoms with Crippen molar-refractivity contribution in [2.75, 3.05) is 12.3 Å². The summed E-state index contributed by atoms with van der Waals surface area (Å²) in [6, 6.07) is 10.5. The largest absolute Gasteiger partial charge is 0.454 e. The zero-order chi connectivity index (χ0) is 22.6. The summed E-state index contributed by atoms with van der Waals surface area (Å²) in [4.78, 5) is 8.67. The Morgan fingerprint density at radius 3 is 2.58 bits per heavy atom. The number of rotatable bonds is 4. The van der Waals surface area contributed by atoms with E-state index >= 15 is 0 Å². The molecule has 1 saturated heterocycles. The molecule has 33 heavy (non-hydrogen) atoms. The summed E-state index contributed by atoms with van der Waals surface area (Å²) in [5, 5.41) is 9.29. The molecule has 0 amide bonds. The average Bonchev–Trinajstić information content (AvgIpc) is 3.45. The summed E-state index contributed by atoms with van der Waals surface area (Å²) in [5.41, 5.74) is 8.79. The maximum absolute atomic E-state index is 13.9. The first-order valence-corrected chi connectivity index (χ1v) is 11.0. The summed E-state index contributed by atoms with van der Waals surface area (Å²) in [6.07, 6.45) is 6.11. The first-order valence-electron chi connectivity index (χ1n) is 11.0. The number of ether oxygens (including phenoxy) is 1. The highest BCUT2D eigenvalue weighted by Crippen LogP contribution is 2.44. The number of halogens is 2. The quantitative estimate of drug-likeness (QED) is 0.474. The molecule has 0 bridgehead atoms. The highest BCUT2D eigenvalue weighted by molar-refractivity contribution is 5.98. The maximum Gasteiger partial charge on any atom is 0.168 e. The Labute approximate surface area is 188 Å². The van der Waals surface area contributed by atoms with E-state index in [2.05, 4.69) is 15.3 Å². The molecule has 7 nitrogen and oxygen atoms in total. The Morgan fingerprint density at radius 2 is 1.88 bits per heavy atom. The molecule has 3 N–H and O–H groups in total. The lowest BCUT2D eigenvalue weighted by atomic mass is 9.99. The molecule has 0 radical (unpaired) electrons. The van der Waals surface area contributed by atoms with Gasteiger partial charge in [-0.15, -0.1) is 0 Å². The van der Waals surface area contributed by atoms with E-state index in [0.29, 0.717) is 33.8 Å². The lowest BCUT2D eigenvalue weighted by molar-refractivity contribution is 0.285. The number of nitrogens with one attached hydrogen (secondary N) is 1. The van der Waals surface area contributed by atoms with Crippen molar-refractivity contribution in [2.24, 2.45) is 0 Å². The number of hydrogen-bond donors (Lipinski definition) is 2. The SMILES string of the molecule is Nc1ncnc2c1c(-c1ccc(Oc3ccc(F)cc3F)cc1)nn2C1CCC2(CC2)NC1. The van der Waals surface area contributed by atoms with Gasteiger partial charge in [-0.2, -0.15) is 5.10 Å². The van der Waals surface area contributed by atoms with Crippen LogP contribution in [0.15, 0.2) is 48.8 Å². The van der Waals surface area contributed by atoms with Gasteiger partial charge in [-0.25, -0.2) is 23.4 Å². The van der Waals surface area contributed by atoms with Gasteiger partial charge < -0.3 is 15.8 Å². The normalized spacial score (nSPS) is 19.2. The Kier molecular flexibility index (Phi) is 4.55. The third-order valence-electron chi connectivity index (χ3n) is 6.64. The van der Waals surface area contributed by atoms with Gasteiger partial charge in [0.05, 0.1) is 11.4 Å². The molecule has 2 fully saturated rings. The summed E-state index contributed by atoms with van der Waals surface area (Å²) in [7, 11) is 0. The standard InChI is InChI=1S/C24H22F2N6O/c25-15-3-6-19(18(26)11-15)33-17-4-1-14(2-5-17)21-20-22(27)28-13-29-23(20)32(31-21)16-7-8-24(9-10-24)30-12-16/h1-6,11,13,16,30H,7-10,12H2,(H2,27,28,29). The Bertz CT molecular complexity index is 1340. The molecule has 168 valence electrons. The van der Waals surface area contributed by atoms with E-state index in [1.165, 1.54) is 25.2 Å². The number of hydrogen-bond acceptors (Lipinski definition) is 6. The Balaban J connectivity index is 1.33. The van der Waals surface area contributed by atoms with Crippen LogP contribution >= 0.6 is 0 Å². The minimum atomic E-state index is -0.761. The molecule has 1 atom stereocenters. The van der Waals surface area contributed by atoms with Gasteiger partial charge >= 0.3 is 0 Å². The van der Waals surface area contributed by atoms with Crippen molar-refractivity contribution in [3.63, 3.8) is 0 Å². The molecule has 2 aromatic heterocycles. The fraction of sp³-hybridized carbons (Fsp3) is 0.292. The molecular formula is C24H22F2N6O. The summed E-state index contributed by atoms with van der Waals surface area (Å²) in [6.45, 7) is 0.843. The predicted molar refractivity (Wildman–Crippen MR) is 120 cm³/mol. The number of fused-ring (bicyclic) bond motifs is 1. The van der Waals surface area contributed by atoms with Crippen molar-refractivity contribution < 1.29 is 13.5 Å². The van der Waals surface area contributed by atoms with E-state index in [1.807, 2.05) is 16.8 Å². The van der Waals surface area contributed by atoms with E-state index in [0.717, 1.165) is 37.1 Å². The number of piperidine rings is 1. The fourth-order valence-corrected chi connectivity index (χ4v) is 4.57. The average molecular weight is 448 g/mol. The summed E-state index contributed by atoms with van der Waals surface area (Å²) < 4.78 is 34.6. The Morgan fingerprint density at radius 1 is 1.06 bits per heavy atom. The van der Waals surface area contributed by atoms with Crippen LogP contribution in [-0.2, 0) is 0 Å². The van der Waals surface area contributed by atoms with Gasteiger partial charge in [0.2, 0.25) is 0 Å². The number of nitrogens with zero attached hydrogens (tertiary/aromatic N) is 4. The minimum Gasteiger partial charge on any atom is -0.454 e. The van der Waals surface area contributed by atoms with E-state index in [-0.39, 0.29) is 11.8 Å². The molecule has 1 spiro atoms. The van der Waals surface area contributed by atoms with Gasteiger partial charge in [-0.3, -0.25) is 0 Å². The third-order valence-corrected chi connectivity index (χ3v) is 6.64. The van der Waals surface area contributed by atoms with Crippen LogP contribution in [0.5, 0.6) is 11.5 Å². The molecular weight excluding hydrogens is 426 g/mol. The molecule has 1 aliphatic heterocycles. The Hall–Kier alpha value is -3.59. The van der Waals surface area contributed by atoms with Crippen molar-refractivity contribution in [1.82, 2.24) is 25.1 Å². The summed E-state index contributed by atoms with van der Waals surface area (Å²) >= 11 is 0. The molecule has 4 aromatic rings. The zero-order valence-corrected chi connectivity index (χ0v) is 17.8. The number of nitrogens with two attached hydrogens (primary N) is 1. The van der Waals surface area contributed by atoms with Crippen LogP contribution in [0.3, 0.4) is 0 Å². The van der Waals surface area contributed by atoms with E-state index in [1.54, 1.807) is 12.1 Å². The van der Waals surface area contributed by atoms with Crippen LogP contribution in [0.25, 0.3) is 22.3 Å². The monoisotopic (exact) mass is 448 g/mol. The second kappa shape index (κ2) is 7.48. The number of anilines is 1. The predicted octanol–water partition coefficient (Wildman–Crippen LogP) is 4.60.